The summed E-state index contributed by atoms with van der Waals surface area (Å²) in [7, 11) is 0. The molecule has 3 N–H and O–H groups in total. The number of imidazole rings is 1. The number of aromatic nitrogens is 2. The van der Waals surface area contributed by atoms with Crippen LogP contribution in [-0.4, -0.2) is 105 Å². The molecule has 0 saturated carbocycles. The molecule has 0 spiro atoms. The molecule has 4 aromatic rings. The van der Waals surface area contributed by atoms with Crippen LogP contribution >= 0.6 is 0 Å². The molecular weight excluding hydrogens is 749 g/mol. The van der Waals surface area contributed by atoms with Crippen LogP contribution in [0.5, 0.6) is 0 Å². The highest BCUT2D eigenvalue weighted by atomic mass is 16.2. The lowest BCUT2D eigenvalue weighted by atomic mass is 9.88. The van der Waals surface area contributed by atoms with Gasteiger partial charge in [0, 0.05) is 62.0 Å². The second kappa shape index (κ2) is 16.0. The highest BCUT2D eigenvalue weighted by Gasteiger charge is 2.45. The van der Waals surface area contributed by atoms with E-state index in [-0.39, 0.29) is 41.7 Å². The number of carbonyl (C=O) groups excluding carboxylic acids is 6. The third-order valence-corrected chi connectivity index (χ3v) is 13.2. The van der Waals surface area contributed by atoms with Gasteiger partial charge in [-0.2, -0.15) is 0 Å². The van der Waals surface area contributed by atoms with E-state index in [9.17, 15) is 28.8 Å². The summed E-state index contributed by atoms with van der Waals surface area (Å²) < 4.78 is 0. The van der Waals surface area contributed by atoms with Gasteiger partial charge < -0.3 is 20.1 Å². The van der Waals surface area contributed by atoms with Crippen molar-refractivity contribution in [1.29, 1.82) is 0 Å². The Hall–Kier alpha value is -5.89. The molecule has 0 bridgehead atoms. The Morgan fingerprint density at radius 3 is 2.31 bits per heavy atom. The highest BCUT2D eigenvalue weighted by Crippen LogP contribution is 2.34. The van der Waals surface area contributed by atoms with Crippen LogP contribution in [0.1, 0.15) is 113 Å². The number of nitrogens with zero attached hydrogens (tertiary/aromatic N) is 5. The van der Waals surface area contributed by atoms with E-state index >= 15 is 0 Å². The average Bonchev–Trinajstić information content (AvgIpc) is 3.92. The number of amides is 6. The highest BCUT2D eigenvalue weighted by molar-refractivity contribution is 6.23. The Morgan fingerprint density at radius 1 is 0.814 bits per heavy atom. The van der Waals surface area contributed by atoms with Gasteiger partial charge in [0.05, 0.1) is 28.7 Å². The van der Waals surface area contributed by atoms with Crippen LogP contribution in [0.3, 0.4) is 0 Å². The van der Waals surface area contributed by atoms with Crippen molar-refractivity contribution in [3.05, 3.63) is 88.7 Å². The van der Waals surface area contributed by atoms with Crippen molar-refractivity contribution in [3.8, 4) is 0 Å². The van der Waals surface area contributed by atoms with Gasteiger partial charge in [-0.05, 0) is 124 Å². The number of benzene rings is 3. The smallest absolute Gasteiger partial charge is 0.262 e. The van der Waals surface area contributed by atoms with Crippen molar-refractivity contribution < 1.29 is 28.8 Å². The molecule has 3 aromatic carbocycles. The lowest BCUT2D eigenvalue weighted by Crippen LogP contribution is -2.54. The summed E-state index contributed by atoms with van der Waals surface area (Å²) in [5.41, 5.74) is 5.66. The van der Waals surface area contributed by atoms with Crippen LogP contribution in [0.2, 0.25) is 0 Å². The van der Waals surface area contributed by atoms with Crippen molar-refractivity contribution >= 4 is 57.9 Å². The first kappa shape index (κ1) is 38.6. The molecule has 6 amide bonds. The molecule has 306 valence electrons. The number of aromatic amines is 1. The van der Waals surface area contributed by atoms with Gasteiger partial charge in [0.1, 0.15) is 11.9 Å². The second-order valence-electron chi connectivity index (χ2n) is 16.9. The minimum Gasteiger partial charge on any atom is -0.371 e. The van der Waals surface area contributed by atoms with Crippen molar-refractivity contribution in [2.75, 3.05) is 42.9 Å². The summed E-state index contributed by atoms with van der Waals surface area (Å²) in [6, 6.07) is 18.4. The number of H-pyrrole nitrogens is 1. The number of piperidine rings is 3. The molecule has 59 heavy (non-hydrogen) atoms. The van der Waals surface area contributed by atoms with Crippen molar-refractivity contribution in [2.45, 2.75) is 89.3 Å². The van der Waals surface area contributed by atoms with Crippen molar-refractivity contribution in [1.82, 2.24) is 30.0 Å². The predicted molar refractivity (Wildman–Crippen MR) is 221 cm³/mol. The Bertz CT molecular complexity index is 2320. The molecule has 14 heteroatoms. The van der Waals surface area contributed by atoms with E-state index < -0.39 is 29.7 Å². The lowest BCUT2D eigenvalue weighted by molar-refractivity contribution is -0.136. The molecule has 1 unspecified atom stereocenters. The molecule has 5 aliphatic rings. The monoisotopic (exact) mass is 798 g/mol. The zero-order valence-electron chi connectivity index (χ0n) is 33.4. The van der Waals surface area contributed by atoms with E-state index in [0.29, 0.717) is 37.0 Å². The van der Waals surface area contributed by atoms with E-state index in [2.05, 4.69) is 32.3 Å². The largest absolute Gasteiger partial charge is 0.371 e. The molecule has 1 aromatic heterocycles. The van der Waals surface area contributed by atoms with Crippen LogP contribution < -0.4 is 15.5 Å². The maximum absolute atomic E-state index is 13.4. The maximum Gasteiger partial charge on any atom is 0.262 e. The first-order valence-corrected chi connectivity index (χ1v) is 21.1. The summed E-state index contributed by atoms with van der Waals surface area (Å²) in [6.07, 6.45) is 6.57. The molecule has 4 saturated heterocycles. The minimum atomic E-state index is -0.992. The zero-order valence-corrected chi connectivity index (χ0v) is 33.4. The van der Waals surface area contributed by atoms with Gasteiger partial charge in [-0.15, -0.1) is 0 Å². The standard InChI is InChI=1S/C45H50N8O6/c1-27-3-2-18-52(27)26-39-47-36-11-8-32(24-37(36)48-39)46-42(56)31-6-4-29(5-7-31)30-16-21-51(22-17-30)41(55)23-28-14-19-50(20-15-28)33-9-10-34-35(25-33)45(59)53(44(34)58)38-12-13-40(54)49-43(38)57/h4-11,24-25,27-28,30,38H,2-3,12-23,26H2,1H3,(H,46,56)(H,47,48)(H,49,54,57)/t27-,38?/m0/s1. The lowest BCUT2D eigenvalue weighted by Gasteiger charge is -2.36. The summed E-state index contributed by atoms with van der Waals surface area (Å²) in [4.78, 5) is 92.9. The Kier molecular flexibility index (Phi) is 10.5. The van der Waals surface area contributed by atoms with Gasteiger partial charge in [0.2, 0.25) is 17.7 Å². The number of carbonyl (C=O) groups is 6. The SMILES string of the molecule is C[C@H]1CCCN1Cc1nc2ccc(NC(=O)c3ccc(C4CCN(C(=O)CC5CCN(c6ccc7c(c6)C(=O)N(C6CCC(=O)NC6=O)C7=O)CC5)CC4)cc3)cc2[nH]1. The van der Waals surface area contributed by atoms with E-state index in [1.807, 2.05) is 53.4 Å². The Morgan fingerprint density at radius 2 is 1.58 bits per heavy atom. The van der Waals surface area contributed by atoms with Crippen molar-refractivity contribution in [2.24, 2.45) is 5.92 Å². The molecule has 0 aliphatic carbocycles. The number of nitrogens with one attached hydrogen (secondary N) is 3. The molecular formula is C45H50N8O6. The molecule has 6 heterocycles. The van der Waals surface area contributed by atoms with Gasteiger partial charge in [-0.25, -0.2) is 4.98 Å². The summed E-state index contributed by atoms with van der Waals surface area (Å²) >= 11 is 0. The number of hydrogen-bond acceptors (Lipinski definition) is 9. The molecule has 4 fully saturated rings. The number of rotatable bonds is 9. The van der Waals surface area contributed by atoms with E-state index in [1.54, 1.807) is 12.1 Å². The summed E-state index contributed by atoms with van der Waals surface area (Å²) in [5, 5.41) is 5.27. The number of likely N-dealkylation sites (tertiary alicyclic amines) is 2. The molecule has 5 aliphatic heterocycles. The topological polar surface area (TPSA) is 168 Å². The van der Waals surface area contributed by atoms with Gasteiger partial charge >= 0.3 is 0 Å². The number of fused-ring (bicyclic) bond motifs is 2. The number of anilines is 2. The fourth-order valence-electron chi connectivity index (χ4n) is 9.63. The molecule has 2 atom stereocenters. The molecule has 9 rings (SSSR count). The second-order valence-corrected chi connectivity index (χ2v) is 16.9. The van der Waals surface area contributed by atoms with Gasteiger partial charge in [0.25, 0.3) is 17.7 Å². The summed E-state index contributed by atoms with van der Waals surface area (Å²) in [6.45, 7) is 7.02. The molecule has 14 nitrogen and oxygen atoms in total. The Labute approximate surface area is 342 Å². The van der Waals surface area contributed by atoms with Crippen LogP contribution in [0.15, 0.2) is 60.7 Å². The van der Waals surface area contributed by atoms with Crippen LogP contribution in [0.25, 0.3) is 11.0 Å². The zero-order chi connectivity index (χ0) is 40.8. The normalized spacial score (nSPS) is 22.0. The quantitative estimate of drug-likeness (QED) is 0.193. The van der Waals surface area contributed by atoms with Crippen LogP contribution in [0.4, 0.5) is 11.4 Å². The van der Waals surface area contributed by atoms with Crippen molar-refractivity contribution in [3.63, 3.8) is 0 Å². The Balaban J connectivity index is 0.725. The average molecular weight is 799 g/mol. The van der Waals surface area contributed by atoms with Gasteiger partial charge in [0.15, 0.2) is 0 Å². The van der Waals surface area contributed by atoms with Crippen LogP contribution in [0, 0.1) is 5.92 Å². The van der Waals surface area contributed by atoms with E-state index in [4.69, 9.17) is 4.98 Å². The first-order chi connectivity index (χ1) is 28.6. The predicted octanol–water partition coefficient (Wildman–Crippen LogP) is 5.21. The fourth-order valence-corrected chi connectivity index (χ4v) is 9.63. The van der Waals surface area contributed by atoms with Crippen LogP contribution in [-0.2, 0) is 20.9 Å². The van der Waals surface area contributed by atoms with Gasteiger partial charge in [-0.3, -0.25) is 43.9 Å². The third kappa shape index (κ3) is 7.85. The number of hydrogen-bond donors (Lipinski definition) is 3. The summed E-state index contributed by atoms with van der Waals surface area (Å²) in [5.74, 6) is -0.493. The van der Waals surface area contributed by atoms with Gasteiger partial charge in [-0.1, -0.05) is 12.1 Å². The fraction of sp³-hybridized carbons (Fsp3) is 0.444. The first-order valence-electron chi connectivity index (χ1n) is 21.1. The third-order valence-electron chi connectivity index (χ3n) is 13.2. The number of imide groups is 2. The molecule has 0 radical (unpaired) electrons. The minimum absolute atomic E-state index is 0.0779. The van der Waals surface area contributed by atoms with E-state index in [1.165, 1.54) is 18.4 Å². The van der Waals surface area contributed by atoms with E-state index in [0.717, 1.165) is 85.0 Å². The maximum atomic E-state index is 13.4.